The number of phenolic OH excluding ortho intramolecular Hbond substituents is 1. The Morgan fingerprint density at radius 3 is 1.77 bits per heavy atom. The molecule has 366 valence electrons. The normalized spacial score (nSPS) is 18.6. The number of methoxy groups -OCH3 is 3. The van der Waals surface area contributed by atoms with Crippen LogP contribution in [-0.2, 0) is 19.6 Å². The molecule has 3 aromatic carbocycles. The summed E-state index contributed by atoms with van der Waals surface area (Å²) in [6.45, 7) is 21.9. The number of halogens is 5. The van der Waals surface area contributed by atoms with E-state index in [-0.39, 0.29) is 18.8 Å². The van der Waals surface area contributed by atoms with Gasteiger partial charge in [0.2, 0.25) is 0 Å². The van der Waals surface area contributed by atoms with Crippen LogP contribution in [0.25, 0.3) is 0 Å². The molecule has 7 nitrogen and oxygen atoms in total. The first kappa shape index (κ1) is 54.4. The van der Waals surface area contributed by atoms with E-state index >= 15 is 0 Å². The van der Waals surface area contributed by atoms with Gasteiger partial charge in [-0.15, -0.1) is 0 Å². The fraction of sp³-hybridized carbons (Fsp3) is 0.654. The van der Waals surface area contributed by atoms with Crippen molar-refractivity contribution in [3.05, 3.63) is 81.9 Å². The van der Waals surface area contributed by atoms with Gasteiger partial charge in [-0.1, -0.05) is 94.5 Å². The maximum Gasteiger partial charge on any atom is 0.391 e. The minimum Gasteiger partial charge on any atom is -0.508 e. The van der Waals surface area contributed by atoms with E-state index in [9.17, 15) is 27.1 Å². The van der Waals surface area contributed by atoms with Crippen molar-refractivity contribution >= 4 is 9.24 Å². The van der Waals surface area contributed by atoms with Crippen LogP contribution in [-0.4, -0.2) is 92.2 Å². The summed E-state index contributed by atoms with van der Waals surface area (Å²) in [5.74, 6) is 3.24. The largest absolute Gasteiger partial charge is 0.508 e. The van der Waals surface area contributed by atoms with Crippen LogP contribution in [0.3, 0.4) is 0 Å². The number of ether oxygens (including phenoxy) is 3. The van der Waals surface area contributed by atoms with Crippen molar-refractivity contribution in [1.82, 2.24) is 14.7 Å². The molecule has 0 aliphatic carbocycles. The number of nitrogens with zero attached hydrogens (tertiary/aromatic N) is 3. The van der Waals surface area contributed by atoms with Gasteiger partial charge in [-0.3, -0.25) is 14.7 Å². The lowest BCUT2D eigenvalue weighted by molar-refractivity contribution is -0.185. The lowest BCUT2D eigenvalue weighted by Crippen LogP contribution is -2.40. The van der Waals surface area contributed by atoms with E-state index in [0.29, 0.717) is 56.7 Å². The molecule has 6 rings (SSSR count). The number of alkyl halides is 5. The molecular formula is C52H79F5N3O4P. The predicted molar refractivity (Wildman–Crippen MR) is 258 cm³/mol. The van der Waals surface area contributed by atoms with Gasteiger partial charge in [-0.05, 0) is 130 Å². The van der Waals surface area contributed by atoms with Gasteiger partial charge < -0.3 is 19.3 Å². The molecule has 3 aliphatic heterocycles. The molecule has 0 bridgehead atoms. The predicted octanol–water partition coefficient (Wildman–Crippen LogP) is 13.2. The van der Waals surface area contributed by atoms with E-state index in [0.717, 1.165) is 64.9 Å². The highest BCUT2D eigenvalue weighted by Crippen LogP contribution is 2.40. The van der Waals surface area contributed by atoms with Crippen LogP contribution in [0.15, 0.2) is 48.5 Å². The van der Waals surface area contributed by atoms with Gasteiger partial charge in [0.15, 0.2) is 0 Å². The molecule has 13 heteroatoms. The molecule has 2 atom stereocenters. The molecule has 3 aliphatic rings. The second kappa shape index (κ2) is 25.3. The average Bonchev–Trinajstić information content (AvgIpc) is 3.26. The molecule has 0 saturated carbocycles. The van der Waals surface area contributed by atoms with Gasteiger partial charge in [0.25, 0.3) is 5.66 Å². The topological polar surface area (TPSA) is 57.6 Å². The number of rotatable bonds is 14. The minimum atomic E-state index is -4.04. The van der Waals surface area contributed by atoms with Gasteiger partial charge in [0, 0.05) is 48.8 Å². The number of piperidine rings is 3. The van der Waals surface area contributed by atoms with E-state index in [2.05, 4.69) is 67.5 Å². The van der Waals surface area contributed by atoms with Crippen LogP contribution in [0, 0.1) is 17.8 Å². The van der Waals surface area contributed by atoms with Crippen molar-refractivity contribution in [2.45, 2.75) is 143 Å². The van der Waals surface area contributed by atoms with Gasteiger partial charge in [-0.25, -0.2) is 8.78 Å². The Labute approximate surface area is 390 Å². The zero-order valence-corrected chi connectivity index (χ0v) is 42.0. The van der Waals surface area contributed by atoms with E-state index in [1.165, 1.54) is 43.5 Å². The lowest BCUT2D eigenvalue weighted by Gasteiger charge is -2.35. The van der Waals surface area contributed by atoms with Crippen molar-refractivity contribution in [2.24, 2.45) is 17.8 Å². The molecule has 3 saturated heterocycles. The van der Waals surface area contributed by atoms with Gasteiger partial charge in [0.1, 0.15) is 23.0 Å². The fourth-order valence-corrected chi connectivity index (χ4v) is 9.95. The SMILES string of the molecule is CC(C)c1c(O)cccc1CN1CCCC(C(F)(F)P)C1.CCC1CCN(Cc2ccc(OC)c(C(C)C)c2OC)CC1.COc1ccc(CN2CCC(C(F)(F)F)CC2)cc1C(C)C. The van der Waals surface area contributed by atoms with Crippen LogP contribution in [0.2, 0.25) is 0 Å². The summed E-state index contributed by atoms with van der Waals surface area (Å²) < 4.78 is 81.7. The lowest BCUT2D eigenvalue weighted by atomic mass is 9.93. The van der Waals surface area contributed by atoms with Gasteiger partial charge in [0.05, 0.1) is 27.2 Å². The van der Waals surface area contributed by atoms with Crippen molar-refractivity contribution in [2.75, 3.05) is 60.6 Å². The zero-order valence-electron chi connectivity index (χ0n) is 40.9. The molecule has 0 amide bonds. The highest BCUT2D eigenvalue weighted by molar-refractivity contribution is 7.18. The summed E-state index contributed by atoms with van der Waals surface area (Å²) in [6.07, 6.45) is 1.70. The van der Waals surface area contributed by atoms with E-state index in [1.807, 2.05) is 38.1 Å². The average molecular weight is 936 g/mol. The quantitative estimate of drug-likeness (QED) is 0.128. The third-order valence-corrected chi connectivity index (χ3v) is 14.0. The second-order valence-corrected chi connectivity index (χ2v) is 20.0. The van der Waals surface area contributed by atoms with Gasteiger partial charge >= 0.3 is 6.18 Å². The summed E-state index contributed by atoms with van der Waals surface area (Å²) in [6, 6.07) is 15.8. The first-order valence-electron chi connectivity index (χ1n) is 23.8. The Morgan fingerprint density at radius 1 is 0.646 bits per heavy atom. The number of hydrogen-bond acceptors (Lipinski definition) is 7. The number of aromatic hydroxyl groups is 1. The van der Waals surface area contributed by atoms with Gasteiger partial charge in [-0.2, -0.15) is 13.2 Å². The molecule has 0 radical (unpaired) electrons. The zero-order chi connectivity index (χ0) is 48.1. The summed E-state index contributed by atoms with van der Waals surface area (Å²) in [4.78, 5) is 6.74. The van der Waals surface area contributed by atoms with Crippen molar-refractivity contribution in [1.29, 1.82) is 0 Å². The smallest absolute Gasteiger partial charge is 0.391 e. The molecule has 1 N–H and O–H groups in total. The Balaban J connectivity index is 0.000000213. The standard InChI is InChI=1S/C19H31NO2.C17H24F3NO.C16H24F2NOP/c1-6-15-9-11-20(12-10-15)13-16-7-8-17(21-4)18(14(2)3)19(16)22-5;1-12(2)15-10-13(4-5-16(15)22-3)11-21-8-6-14(7-9-21)17(18,19)20;1-11(2)15-12(5-3-7-14(15)20)9-19-8-4-6-13(10-19)16(17,18)21/h7-8,14-15H,6,9-13H2,1-5H3;4-5,10,12,14H,6-9,11H2,1-3H3;3,5,7,11,13,20H,4,6,8-10,21H2,1-2H3. The molecule has 3 heterocycles. The molecule has 0 aromatic heterocycles. The van der Waals surface area contributed by atoms with Crippen molar-refractivity contribution in [3.8, 4) is 23.0 Å². The first-order chi connectivity index (χ1) is 30.7. The van der Waals surface area contributed by atoms with Crippen LogP contribution in [0.1, 0.15) is 145 Å². The Bertz CT molecular complexity index is 1890. The minimum absolute atomic E-state index is 0.205. The maximum atomic E-state index is 13.5. The summed E-state index contributed by atoms with van der Waals surface area (Å²) >= 11 is 0. The maximum absolute atomic E-state index is 13.5. The number of phenols is 1. The molecule has 65 heavy (non-hydrogen) atoms. The molecule has 3 aromatic rings. The van der Waals surface area contributed by atoms with E-state index in [4.69, 9.17) is 14.2 Å². The van der Waals surface area contributed by atoms with Crippen LogP contribution in [0.5, 0.6) is 23.0 Å². The number of hydrogen-bond donors (Lipinski definition) is 1. The molecular weight excluding hydrogens is 857 g/mol. The number of benzene rings is 3. The Morgan fingerprint density at radius 2 is 1.23 bits per heavy atom. The monoisotopic (exact) mass is 936 g/mol. The fourth-order valence-electron chi connectivity index (χ4n) is 9.68. The molecule has 0 spiro atoms. The highest BCUT2D eigenvalue weighted by atomic mass is 31.0. The molecule has 2 unspecified atom stereocenters. The number of likely N-dealkylation sites (tertiary alicyclic amines) is 3. The summed E-state index contributed by atoms with van der Waals surface area (Å²) in [5, 5.41) is 10.0. The third-order valence-electron chi connectivity index (χ3n) is 13.5. The van der Waals surface area contributed by atoms with Crippen molar-refractivity contribution in [3.63, 3.8) is 0 Å². The molecule has 3 fully saturated rings. The third kappa shape index (κ3) is 16.0. The van der Waals surface area contributed by atoms with E-state index < -0.39 is 23.7 Å². The van der Waals surface area contributed by atoms with Crippen molar-refractivity contribution < 1.29 is 41.3 Å². The second-order valence-electron chi connectivity index (χ2n) is 19.2. The summed E-state index contributed by atoms with van der Waals surface area (Å²) in [5.41, 5.74) is 4.02. The Hall–Kier alpha value is -3.18. The summed E-state index contributed by atoms with van der Waals surface area (Å²) in [7, 11) is 6.84. The highest BCUT2D eigenvalue weighted by Gasteiger charge is 2.41. The van der Waals surface area contributed by atoms with Crippen LogP contribution in [0.4, 0.5) is 22.0 Å². The van der Waals surface area contributed by atoms with E-state index in [1.54, 1.807) is 36.6 Å². The van der Waals surface area contributed by atoms with Crippen LogP contribution >= 0.6 is 9.24 Å². The first-order valence-corrected chi connectivity index (χ1v) is 24.4. The Kier molecular flexibility index (Phi) is 21.2. The van der Waals surface area contributed by atoms with Crippen LogP contribution < -0.4 is 14.2 Å².